The summed E-state index contributed by atoms with van der Waals surface area (Å²) in [5.41, 5.74) is 0.493. The van der Waals surface area contributed by atoms with Crippen LogP contribution in [0.3, 0.4) is 0 Å². The van der Waals surface area contributed by atoms with Gasteiger partial charge in [-0.2, -0.15) is 0 Å². The monoisotopic (exact) mass is 329 g/mol. The molecule has 1 heterocycles. The minimum Gasteiger partial charge on any atom is -0.381 e. The van der Waals surface area contributed by atoms with Crippen molar-refractivity contribution < 1.29 is 13.9 Å². The van der Waals surface area contributed by atoms with Crippen LogP contribution in [0.25, 0.3) is 0 Å². The summed E-state index contributed by atoms with van der Waals surface area (Å²) in [5, 5.41) is 0. The average Bonchev–Trinajstić information content (AvgIpc) is 2.42. The third kappa shape index (κ3) is 3.76. The molecule has 1 saturated heterocycles. The van der Waals surface area contributed by atoms with Gasteiger partial charge in [0.05, 0.1) is 11.1 Å². The Morgan fingerprint density at radius 3 is 3.00 bits per heavy atom. The first-order chi connectivity index (χ1) is 9.08. The molecular weight excluding hydrogens is 313 g/mol. The van der Waals surface area contributed by atoms with E-state index in [0.29, 0.717) is 29.1 Å². The van der Waals surface area contributed by atoms with Crippen molar-refractivity contribution in [3.05, 3.63) is 34.1 Å². The second-order valence-electron chi connectivity index (χ2n) is 4.90. The Morgan fingerprint density at radius 1 is 1.58 bits per heavy atom. The number of nitrogens with zero attached hydrogens (tertiary/aromatic N) is 1. The maximum atomic E-state index is 13.1. The Labute approximate surface area is 120 Å². The lowest BCUT2D eigenvalue weighted by molar-refractivity contribution is 0.0388. The topological polar surface area (TPSA) is 29.5 Å². The van der Waals surface area contributed by atoms with Crippen molar-refractivity contribution in [1.29, 1.82) is 0 Å². The number of ether oxygens (including phenoxy) is 1. The molecule has 1 aliphatic heterocycles. The fourth-order valence-electron chi connectivity index (χ4n) is 2.27. The van der Waals surface area contributed by atoms with E-state index in [2.05, 4.69) is 15.9 Å². The second kappa shape index (κ2) is 6.48. The highest BCUT2D eigenvalue weighted by molar-refractivity contribution is 9.10. The zero-order chi connectivity index (χ0) is 13.8. The number of hydrogen-bond donors (Lipinski definition) is 0. The molecule has 2 rings (SSSR count). The van der Waals surface area contributed by atoms with Crippen LogP contribution in [0.15, 0.2) is 22.7 Å². The van der Waals surface area contributed by atoms with Gasteiger partial charge >= 0.3 is 0 Å². The first kappa shape index (κ1) is 14.5. The summed E-state index contributed by atoms with van der Waals surface area (Å²) in [6, 6.07) is 4.33. The molecule has 1 unspecified atom stereocenters. The third-order valence-electron chi connectivity index (χ3n) is 3.30. The second-order valence-corrected chi connectivity index (χ2v) is 5.75. The van der Waals surface area contributed by atoms with Crippen LogP contribution in [0.5, 0.6) is 0 Å². The van der Waals surface area contributed by atoms with Crippen molar-refractivity contribution in [2.45, 2.75) is 12.8 Å². The molecule has 0 bridgehead atoms. The van der Waals surface area contributed by atoms with Crippen LogP contribution in [0, 0.1) is 11.7 Å². The lowest BCUT2D eigenvalue weighted by Crippen LogP contribution is -2.35. The minimum absolute atomic E-state index is 0.0914. The molecule has 1 aromatic rings. The quantitative estimate of drug-likeness (QED) is 0.852. The van der Waals surface area contributed by atoms with Crippen molar-refractivity contribution in [1.82, 2.24) is 4.90 Å². The first-order valence-electron chi connectivity index (χ1n) is 6.36. The number of hydrogen-bond acceptors (Lipinski definition) is 2. The Kier molecular flexibility index (Phi) is 4.93. The van der Waals surface area contributed by atoms with E-state index in [0.717, 1.165) is 19.4 Å². The Bertz CT molecular complexity index is 461. The molecular formula is C14H17BrFNO2. The normalized spacial score (nSPS) is 19.2. The van der Waals surface area contributed by atoms with Crippen LogP contribution >= 0.6 is 15.9 Å². The highest BCUT2D eigenvalue weighted by Gasteiger charge is 2.20. The molecule has 1 aromatic carbocycles. The highest BCUT2D eigenvalue weighted by Crippen LogP contribution is 2.19. The van der Waals surface area contributed by atoms with Crippen molar-refractivity contribution >= 4 is 21.8 Å². The van der Waals surface area contributed by atoms with Gasteiger partial charge in [0.25, 0.3) is 5.91 Å². The number of rotatable bonds is 3. The van der Waals surface area contributed by atoms with Gasteiger partial charge in [-0.3, -0.25) is 4.79 Å². The summed E-state index contributed by atoms with van der Waals surface area (Å²) in [4.78, 5) is 13.9. The Balaban J connectivity index is 1.99. The van der Waals surface area contributed by atoms with Gasteiger partial charge in [0.2, 0.25) is 0 Å². The van der Waals surface area contributed by atoms with E-state index < -0.39 is 0 Å². The number of carbonyl (C=O) groups is 1. The van der Waals surface area contributed by atoms with Gasteiger partial charge in [-0.05, 0) is 52.9 Å². The largest absolute Gasteiger partial charge is 0.381 e. The lowest BCUT2D eigenvalue weighted by atomic mass is 10.0. The molecule has 1 amide bonds. The van der Waals surface area contributed by atoms with E-state index in [4.69, 9.17) is 4.74 Å². The molecule has 0 radical (unpaired) electrons. The van der Waals surface area contributed by atoms with Crippen LogP contribution in [0.2, 0.25) is 0 Å². The molecule has 0 N–H and O–H groups in total. The molecule has 19 heavy (non-hydrogen) atoms. The highest BCUT2D eigenvalue weighted by atomic mass is 79.9. The van der Waals surface area contributed by atoms with Crippen molar-refractivity contribution in [3.8, 4) is 0 Å². The summed E-state index contributed by atoms with van der Waals surface area (Å²) < 4.78 is 18.9. The summed E-state index contributed by atoms with van der Waals surface area (Å²) in [6.45, 7) is 2.21. The minimum atomic E-state index is -0.361. The molecule has 104 valence electrons. The van der Waals surface area contributed by atoms with Crippen molar-refractivity contribution in [3.63, 3.8) is 0 Å². The van der Waals surface area contributed by atoms with E-state index in [-0.39, 0.29) is 11.7 Å². The third-order valence-corrected chi connectivity index (χ3v) is 3.91. The molecule has 0 spiro atoms. The zero-order valence-electron chi connectivity index (χ0n) is 10.9. The average molecular weight is 330 g/mol. The van der Waals surface area contributed by atoms with Gasteiger partial charge in [-0.1, -0.05) is 0 Å². The van der Waals surface area contributed by atoms with Crippen molar-refractivity contribution in [2.24, 2.45) is 5.92 Å². The maximum absolute atomic E-state index is 13.1. The first-order valence-corrected chi connectivity index (χ1v) is 7.15. The fourth-order valence-corrected chi connectivity index (χ4v) is 2.65. The fraction of sp³-hybridized carbons (Fsp3) is 0.500. The van der Waals surface area contributed by atoms with Crippen LogP contribution < -0.4 is 0 Å². The van der Waals surface area contributed by atoms with E-state index in [1.54, 1.807) is 11.9 Å². The molecule has 0 aliphatic carbocycles. The molecule has 1 fully saturated rings. The van der Waals surface area contributed by atoms with Gasteiger partial charge < -0.3 is 9.64 Å². The smallest absolute Gasteiger partial charge is 0.253 e. The van der Waals surface area contributed by atoms with Crippen LogP contribution in [0.4, 0.5) is 4.39 Å². The summed E-state index contributed by atoms with van der Waals surface area (Å²) in [6.07, 6.45) is 2.14. The van der Waals surface area contributed by atoms with Crippen LogP contribution in [-0.2, 0) is 4.74 Å². The number of halogens is 2. The van der Waals surface area contributed by atoms with E-state index in [9.17, 15) is 9.18 Å². The summed E-state index contributed by atoms with van der Waals surface area (Å²) in [5.74, 6) is -0.0576. The molecule has 3 nitrogen and oxygen atoms in total. The predicted molar refractivity (Wildman–Crippen MR) is 74.6 cm³/mol. The molecule has 1 aliphatic rings. The molecule has 1 atom stereocenters. The number of carbonyl (C=O) groups excluding carboxylic acids is 1. The Morgan fingerprint density at radius 2 is 2.37 bits per heavy atom. The summed E-state index contributed by atoms with van der Waals surface area (Å²) >= 11 is 3.10. The Hall–Kier alpha value is -0.940. The van der Waals surface area contributed by atoms with Gasteiger partial charge in [-0.25, -0.2) is 4.39 Å². The predicted octanol–water partition coefficient (Wildman–Crippen LogP) is 3.09. The van der Waals surface area contributed by atoms with Crippen LogP contribution in [-0.4, -0.2) is 37.6 Å². The maximum Gasteiger partial charge on any atom is 0.253 e. The lowest BCUT2D eigenvalue weighted by Gasteiger charge is -2.27. The van der Waals surface area contributed by atoms with E-state index in [1.807, 2.05) is 0 Å². The van der Waals surface area contributed by atoms with Gasteiger partial charge in [0.15, 0.2) is 0 Å². The summed E-state index contributed by atoms with van der Waals surface area (Å²) in [7, 11) is 1.77. The van der Waals surface area contributed by atoms with E-state index >= 15 is 0 Å². The SMILES string of the molecule is CN(CC1CCCOC1)C(=O)c1ccc(F)c(Br)c1. The standard InChI is InChI=1S/C14H17BrFNO2/c1-17(8-10-3-2-6-19-9-10)14(18)11-4-5-13(16)12(15)7-11/h4-5,7,10H,2-3,6,8-9H2,1H3. The van der Waals surface area contributed by atoms with Gasteiger partial charge in [0.1, 0.15) is 5.82 Å². The zero-order valence-corrected chi connectivity index (χ0v) is 12.5. The van der Waals surface area contributed by atoms with E-state index in [1.165, 1.54) is 18.2 Å². The van der Waals surface area contributed by atoms with Gasteiger partial charge in [-0.15, -0.1) is 0 Å². The number of benzene rings is 1. The van der Waals surface area contributed by atoms with Crippen molar-refractivity contribution in [2.75, 3.05) is 26.8 Å². The number of amides is 1. The molecule has 0 aromatic heterocycles. The molecule has 0 saturated carbocycles. The molecule has 5 heteroatoms. The van der Waals surface area contributed by atoms with Gasteiger partial charge in [0, 0.05) is 25.8 Å². The van der Waals surface area contributed by atoms with Crippen LogP contribution in [0.1, 0.15) is 23.2 Å².